The average Bonchev–Trinajstić information content (AvgIpc) is 2.18. The zero-order valence-electron chi connectivity index (χ0n) is 8.65. The first-order valence-corrected chi connectivity index (χ1v) is 4.64. The Kier molecular flexibility index (Phi) is 3.56. The number of rotatable bonds is 3. The second-order valence-electron chi connectivity index (χ2n) is 3.20. The molecule has 0 amide bonds. The van der Waals surface area contributed by atoms with Crippen LogP contribution in [0, 0.1) is 0 Å². The van der Waals surface area contributed by atoms with Crippen LogP contribution in [0.2, 0.25) is 0 Å². The van der Waals surface area contributed by atoms with E-state index in [0.29, 0.717) is 12.5 Å². The van der Waals surface area contributed by atoms with Gasteiger partial charge in [0, 0.05) is 6.20 Å². The number of aromatic nitrogens is 2. The lowest BCUT2D eigenvalue weighted by atomic mass is 10.1. The van der Waals surface area contributed by atoms with Gasteiger partial charge < -0.3 is 4.74 Å². The van der Waals surface area contributed by atoms with Crippen LogP contribution >= 0.6 is 0 Å². The number of carbonyl (C=O) groups is 1. The third-order valence-electron chi connectivity index (χ3n) is 1.75. The fourth-order valence-electron chi connectivity index (χ4n) is 0.947. The van der Waals surface area contributed by atoms with Gasteiger partial charge in [-0.1, -0.05) is 13.8 Å². The zero-order chi connectivity index (χ0) is 10.6. The summed E-state index contributed by atoms with van der Waals surface area (Å²) in [6, 6.07) is 0. The molecule has 0 bridgehead atoms. The van der Waals surface area contributed by atoms with Crippen molar-refractivity contribution >= 4 is 5.97 Å². The number of carbonyl (C=O) groups excluding carboxylic acids is 1. The first-order valence-electron chi connectivity index (χ1n) is 4.64. The molecule has 0 N–H and O–H groups in total. The van der Waals surface area contributed by atoms with Crippen molar-refractivity contribution in [3.8, 4) is 0 Å². The first kappa shape index (κ1) is 10.6. The van der Waals surface area contributed by atoms with Crippen molar-refractivity contribution < 1.29 is 9.53 Å². The predicted molar refractivity (Wildman–Crippen MR) is 52.1 cm³/mol. The Balaban J connectivity index is 2.78. The fourth-order valence-corrected chi connectivity index (χ4v) is 0.947. The van der Waals surface area contributed by atoms with Gasteiger partial charge in [0.25, 0.3) is 0 Å². The molecule has 0 aliphatic carbocycles. The summed E-state index contributed by atoms with van der Waals surface area (Å²) in [5, 5.41) is 0. The lowest BCUT2D eigenvalue weighted by molar-refractivity contribution is 0.0519. The van der Waals surface area contributed by atoms with Crippen LogP contribution in [0.4, 0.5) is 0 Å². The van der Waals surface area contributed by atoms with E-state index in [-0.39, 0.29) is 5.69 Å². The molecule has 0 spiro atoms. The standard InChI is InChI=1S/C10H14N2O2/c1-4-14-10(13)9-6-11-8(5-12-9)7(2)3/h5-7H,4H2,1-3H3. The predicted octanol–water partition coefficient (Wildman–Crippen LogP) is 1.78. The second-order valence-corrected chi connectivity index (χ2v) is 3.20. The molecule has 0 saturated carbocycles. The van der Waals surface area contributed by atoms with Crippen molar-refractivity contribution in [2.45, 2.75) is 26.7 Å². The molecule has 4 heteroatoms. The van der Waals surface area contributed by atoms with E-state index in [2.05, 4.69) is 9.97 Å². The van der Waals surface area contributed by atoms with E-state index in [1.807, 2.05) is 13.8 Å². The van der Waals surface area contributed by atoms with Gasteiger partial charge >= 0.3 is 5.97 Å². The summed E-state index contributed by atoms with van der Waals surface area (Å²) in [6.45, 7) is 6.16. The second kappa shape index (κ2) is 4.69. The molecule has 0 saturated heterocycles. The maximum atomic E-state index is 11.2. The summed E-state index contributed by atoms with van der Waals surface area (Å²) in [6.07, 6.45) is 3.06. The summed E-state index contributed by atoms with van der Waals surface area (Å²) in [4.78, 5) is 19.3. The molecule has 0 fully saturated rings. The Labute approximate surface area is 83.3 Å². The van der Waals surface area contributed by atoms with E-state index in [1.165, 1.54) is 6.20 Å². The third-order valence-corrected chi connectivity index (χ3v) is 1.75. The van der Waals surface area contributed by atoms with Crippen LogP contribution in [0.3, 0.4) is 0 Å². The molecule has 0 unspecified atom stereocenters. The monoisotopic (exact) mass is 194 g/mol. The van der Waals surface area contributed by atoms with E-state index in [1.54, 1.807) is 13.1 Å². The van der Waals surface area contributed by atoms with Crippen molar-refractivity contribution in [1.82, 2.24) is 9.97 Å². The van der Waals surface area contributed by atoms with E-state index >= 15 is 0 Å². The molecular formula is C10H14N2O2. The van der Waals surface area contributed by atoms with E-state index in [9.17, 15) is 4.79 Å². The Hall–Kier alpha value is -1.45. The highest BCUT2D eigenvalue weighted by Crippen LogP contribution is 2.09. The van der Waals surface area contributed by atoms with Crippen LogP contribution in [0.25, 0.3) is 0 Å². The molecule has 1 heterocycles. The van der Waals surface area contributed by atoms with Crippen molar-refractivity contribution in [2.24, 2.45) is 0 Å². The van der Waals surface area contributed by atoms with E-state index in [4.69, 9.17) is 4.74 Å². The van der Waals surface area contributed by atoms with Gasteiger partial charge in [0.15, 0.2) is 5.69 Å². The highest BCUT2D eigenvalue weighted by atomic mass is 16.5. The molecule has 0 radical (unpaired) electrons. The van der Waals surface area contributed by atoms with Gasteiger partial charge in [0.2, 0.25) is 0 Å². The fraction of sp³-hybridized carbons (Fsp3) is 0.500. The summed E-state index contributed by atoms with van der Waals surface area (Å²) in [5.41, 5.74) is 1.13. The number of nitrogens with zero attached hydrogens (tertiary/aromatic N) is 2. The maximum absolute atomic E-state index is 11.2. The Morgan fingerprint density at radius 2 is 2.14 bits per heavy atom. The van der Waals surface area contributed by atoms with Crippen LogP contribution in [0.5, 0.6) is 0 Å². The molecule has 1 rings (SSSR count). The van der Waals surface area contributed by atoms with Crippen LogP contribution < -0.4 is 0 Å². The molecule has 0 aliphatic heterocycles. The van der Waals surface area contributed by atoms with Gasteiger partial charge in [-0.3, -0.25) is 4.98 Å². The summed E-state index contributed by atoms with van der Waals surface area (Å²) >= 11 is 0. The third kappa shape index (κ3) is 2.52. The molecule has 1 aromatic heterocycles. The van der Waals surface area contributed by atoms with Crippen molar-refractivity contribution in [2.75, 3.05) is 6.61 Å². The van der Waals surface area contributed by atoms with Crippen molar-refractivity contribution in [3.63, 3.8) is 0 Å². The van der Waals surface area contributed by atoms with Crippen LogP contribution in [-0.4, -0.2) is 22.5 Å². The average molecular weight is 194 g/mol. The van der Waals surface area contributed by atoms with Gasteiger partial charge in [-0.2, -0.15) is 0 Å². The summed E-state index contributed by atoms with van der Waals surface area (Å²) in [5.74, 6) is -0.103. The van der Waals surface area contributed by atoms with Crippen molar-refractivity contribution in [1.29, 1.82) is 0 Å². The molecule has 76 valence electrons. The zero-order valence-corrected chi connectivity index (χ0v) is 8.65. The van der Waals surface area contributed by atoms with E-state index in [0.717, 1.165) is 5.69 Å². The van der Waals surface area contributed by atoms with Gasteiger partial charge in [-0.25, -0.2) is 9.78 Å². The minimum atomic E-state index is -0.421. The Bertz CT molecular complexity index is 306. The number of hydrogen-bond acceptors (Lipinski definition) is 4. The molecule has 0 aliphatic rings. The number of hydrogen-bond donors (Lipinski definition) is 0. The quantitative estimate of drug-likeness (QED) is 0.688. The van der Waals surface area contributed by atoms with Crippen LogP contribution in [0.15, 0.2) is 12.4 Å². The highest BCUT2D eigenvalue weighted by Gasteiger charge is 2.09. The summed E-state index contributed by atoms with van der Waals surface area (Å²) in [7, 11) is 0. The van der Waals surface area contributed by atoms with Gasteiger partial charge in [-0.15, -0.1) is 0 Å². The minimum Gasteiger partial charge on any atom is -0.461 e. The number of ether oxygens (including phenoxy) is 1. The minimum absolute atomic E-state index is 0.260. The molecule has 1 aromatic rings. The molecule has 0 atom stereocenters. The Morgan fingerprint density at radius 1 is 1.43 bits per heavy atom. The van der Waals surface area contributed by atoms with Gasteiger partial charge in [0.1, 0.15) is 0 Å². The van der Waals surface area contributed by atoms with Crippen LogP contribution in [-0.2, 0) is 4.74 Å². The maximum Gasteiger partial charge on any atom is 0.358 e. The molecule has 0 aromatic carbocycles. The molecule has 14 heavy (non-hydrogen) atoms. The lowest BCUT2D eigenvalue weighted by Gasteiger charge is -2.04. The lowest BCUT2D eigenvalue weighted by Crippen LogP contribution is -2.08. The normalized spacial score (nSPS) is 10.3. The molecular weight excluding hydrogens is 180 g/mol. The first-order chi connectivity index (χ1) is 6.65. The van der Waals surface area contributed by atoms with Crippen LogP contribution in [0.1, 0.15) is 42.9 Å². The highest BCUT2D eigenvalue weighted by molar-refractivity contribution is 5.86. The smallest absolute Gasteiger partial charge is 0.358 e. The number of esters is 1. The topological polar surface area (TPSA) is 52.1 Å². The largest absolute Gasteiger partial charge is 0.461 e. The Morgan fingerprint density at radius 3 is 2.57 bits per heavy atom. The van der Waals surface area contributed by atoms with Crippen molar-refractivity contribution in [3.05, 3.63) is 23.8 Å². The van der Waals surface area contributed by atoms with E-state index < -0.39 is 5.97 Å². The SMILES string of the molecule is CCOC(=O)c1cnc(C(C)C)cn1. The van der Waals surface area contributed by atoms with Gasteiger partial charge in [0.05, 0.1) is 18.5 Å². The molecule has 4 nitrogen and oxygen atoms in total. The van der Waals surface area contributed by atoms with Gasteiger partial charge in [-0.05, 0) is 12.8 Å². The summed E-state index contributed by atoms with van der Waals surface area (Å²) < 4.78 is 4.79.